The van der Waals surface area contributed by atoms with Crippen molar-refractivity contribution in [2.75, 3.05) is 13.1 Å². The van der Waals surface area contributed by atoms with Crippen LogP contribution in [-0.4, -0.2) is 44.9 Å². The number of hydrogen-bond donors (Lipinski definition) is 0. The lowest BCUT2D eigenvalue weighted by molar-refractivity contribution is -0.137. The fourth-order valence-corrected chi connectivity index (χ4v) is 5.08. The van der Waals surface area contributed by atoms with Gasteiger partial charge in [-0.15, -0.1) is 0 Å². The average Bonchev–Trinajstić information content (AvgIpc) is 3.12. The topological polar surface area (TPSA) is 55.2 Å². The van der Waals surface area contributed by atoms with E-state index < -0.39 is 29.1 Å². The van der Waals surface area contributed by atoms with Crippen molar-refractivity contribution in [3.8, 4) is 0 Å². The van der Waals surface area contributed by atoms with Gasteiger partial charge in [-0.3, -0.25) is 9.59 Å². The number of benzene rings is 2. The zero-order chi connectivity index (χ0) is 26.6. The van der Waals surface area contributed by atoms with Crippen LogP contribution in [0, 0.1) is 6.92 Å². The third-order valence-electron chi connectivity index (χ3n) is 6.82. The minimum absolute atomic E-state index is 0.0643. The van der Waals surface area contributed by atoms with Crippen LogP contribution in [0.15, 0.2) is 24.3 Å². The molecule has 1 saturated heterocycles. The van der Waals surface area contributed by atoms with Crippen LogP contribution in [0.2, 0.25) is 10.0 Å². The molecule has 0 unspecified atom stereocenters. The monoisotopic (exact) mass is 543 g/mol. The van der Waals surface area contributed by atoms with Gasteiger partial charge in [-0.2, -0.15) is 13.2 Å². The van der Waals surface area contributed by atoms with Crippen molar-refractivity contribution in [2.45, 2.75) is 45.0 Å². The van der Waals surface area contributed by atoms with E-state index in [1.54, 1.807) is 18.5 Å². The summed E-state index contributed by atoms with van der Waals surface area (Å²) in [6.45, 7) is 2.89. The Balaban J connectivity index is 1.66. The Morgan fingerprint density at radius 1 is 1.14 bits per heavy atom. The number of alkyl halides is 4. The van der Waals surface area contributed by atoms with Crippen LogP contribution in [0.25, 0.3) is 11.0 Å². The number of aryl methyl sites for hydroxylation is 2. The maximum absolute atomic E-state index is 14.6. The molecule has 36 heavy (non-hydrogen) atoms. The summed E-state index contributed by atoms with van der Waals surface area (Å²) in [5, 5.41) is 0.366. The Kier molecular flexibility index (Phi) is 6.85. The highest BCUT2D eigenvalue weighted by Crippen LogP contribution is 2.36. The summed E-state index contributed by atoms with van der Waals surface area (Å²) in [6.07, 6.45) is -4.61. The lowest BCUT2D eigenvalue weighted by Gasteiger charge is -2.35. The highest BCUT2D eigenvalue weighted by molar-refractivity contribution is 6.38. The quantitative estimate of drug-likeness (QED) is 0.361. The van der Waals surface area contributed by atoms with E-state index in [0.29, 0.717) is 28.0 Å². The fraction of sp³-hybridized carbons (Fsp3) is 0.400. The molecule has 1 amide bonds. The number of piperidine rings is 1. The Morgan fingerprint density at radius 2 is 1.78 bits per heavy atom. The van der Waals surface area contributed by atoms with Crippen molar-refractivity contribution in [1.82, 2.24) is 14.5 Å². The van der Waals surface area contributed by atoms with Gasteiger partial charge in [-0.25, -0.2) is 9.37 Å². The number of fused-ring (bicyclic) bond motifs is 1. The lowest BCUT2D eigenvalue weighted by atomic mass is 9.89. The number of hydrogen-bond acceptors (Lipinski definition) is 3. The molecule has 0 spiro atoms. The van der Waals surface area contributed by atoms with Gasteiger partial charge in [0.25, 0.3) is 5.91 Å². The summed E-state index contributed by atoms with van der Waals surface area (Å²) < 4.78 is 56.1. The molecule has 0 bridgehead atoms. The number of amides is 1. The Labute approximate surface area is 215 Å². The van der Waals surface area contributed by atoms with E-state index in [9.17, 15) is 27.2 Å². The molecule has 1 aliphatic heterocycles. The number of imidazole rings is 1. The van der Waals surface area contributed by atoms with Gasteiger partial charge >= 0.3 is 6.18 Å². The van der Waals surface area contributed by atoms with E-state index >= 15 is 0 Å². The molecule has 0 aliphatic carbocycles. The smallest absolute Gasteiger partial charge is 0.338 e. The first kappa shape index (κ1) is 26.4. The minimum Gasteiger partial charge on any atom is -0.338 e. The Bertz CT molecular complexity index is 1380. The lowest BCUT2D eigenvalue weighted by Crippen LogP contribution is -2.47. The zero-order valence-electron chi connectivity index (χ0n) is 19.8. The maximum atomic E-state index is 14.6. The molecule has 0 radical (unpaired) electrons. The van der Waals surface area contributed by atoms with Crippen molar-refractivity contribution in [2.24, 2.45) is 7.05 Å². The molecule has 2 heterocycles. The number of nitrogens with zero attached hydrogens (tertiary/aromatic N) is 3. The molecule has 4 rings (SSSR count). The molecule has 1 fully saturated rings. The van der Waals surface area contributed by atoms with Gasteiger partial charge in [0.15, 0.2) is 11.5 Å². The Morgan fingerprint density at radius 3 is 2.36 bits per heavy atom. The molecule has 1 aromatic heterocycles. The minimum atomic E-state index is -4.49. The number of Topliss-reactive ketones (excluding diaryl/α,β-unsaturated/α-hetero) is 1. The number of rotatable bonds is 4. The van der Waals surface area contributed by atoms with Gasteiger partial charge in [-0.1, -0.05) is 23.2 Å². The van der Waals surface area contributed by atoms with Gasteiger partial charge in [0.05, 0.1) is 27.2 Å². The normalized spacial score (nSPS) is 16.0. The molecule has 2 aromatic carbocycles. The number of aromatic nitrogens is 2. The zero-order valence-corrected chi connectivity index (χ0v) is 21.3. The summed E-state index contributed by atoms with van der Waals surface area (Å²) in [6, 6.07) is 5.09. The fourth-order valence-electron chi connectivity index (χ4n) is 4.50. The van der Waals surface area contributed by atoms with Crippen LogP contribution in [0.3, 0.4) is 0 Å². The number of carbonyl (C=O) groups excluding carboxylic acids is 2. The second kappa shape index (κ2) is 9.34. The van der Waals surface area contributed by atoms with Crippen LogP contribution in [-0.2, 0) is 24.4 Å². The highest BCUT2D eigenvalue weighted by Gasteiger charge is 2.40. The van der Waals surface area contributed by atoms with Gasteiger partial charge < -0.3 is 9.47 Å². The van der Waals surface area contributed by atoms with E-state index in [1.165, 1.54) is 24.0 Å². The predicted molar refractivity (Wildman–Crippen MR) is 129 cm³/mol. The Hall–Kier alpha value is -2.65. The molecule has 192 valence electrons. The van der Waals surface area contributed by atoms with Crippen LogP contribution in [0.1, 0.15) is 52.6 Å². The largest absolute Gasteiger partial charge is 0.416 e. The van der Waals surface area contributed by atoms with Crippen LogP contribution < -0.4 is 0 Å². The van der Waals surface area contributed by atoms with Crippen molar-refractivity contribution in [1.29, 1.82) is 0 Å². The number of likely N-dealkylation sites (tertiary alicyclic amines) is 1. The van der Waals surface area contributed by atoms with Crippen molar-refractivity contribution in [3.05, 3.63) is 62.4 Å². The molecular formula is C25H23Cl2F4N3O2. The summed E-state index contributed by atoms with van der Waals surface area (Å²) in [5.74, 6) is -0.553. The second-order valence-electron chi connectivity index (χ2n) is 9.12. The second-order valence-corrected chi connectivity index (χ2v) is 9.91. The molecule has 5 nitrogen and oxygen atoms in total. The van der Waals surface area contributed by atoms with E-state index in [-0.39, 0.29) is 48.0 Å². The molecule has 1 aliphatic rings. The summed E-state index contributed by atoms with van der Waals surface area (Å²) >= 11 is 13.0. The molecule has 3 aromatic rings. The number of ketones is 1. The van der Waals surface area contributed by atoms with Gasteiger partial charge in [-0.05, 0) is 49.2 Å². The van der Waals surface area contributed by atoms with Crippen LogP contribution >= 0.6 is 23.2 Å². The molecule has 0 N–H and O–H groups in total. The number of carbonyl (C=O) groups is 2. The van der Waals surface area contributed by atoms with E-state index in [4.69, 9.17) is 23.2 Å². The SMILES string of the molecule is CC(=O)C1(F)CCN(C(=O)c2ccc(Cl)c(Cc3nc4c(C)cc(C(F)(F)F)cc4n3C)c2Cl)CC1. The van der Waals surface area contributed by atoms with Crippen molar-refractivity contribution >= 4 is 45.9 Å². The van der Waals surface area contributed by atoms with Gasteiger partial charge in [0.2, 0.25) is 0 Å². The highest BCUT2D eigenvalue weighted by atomic mass is 35.5. The van der Waals surface area contributed by atoms with E-state index in [0.717, 1.165) is 12.1 Å². The maximum Gasteiger partial charge on any atom is 0.416 e. The van der Waals surface area contributed by atoms with Gasteiger partial charge in [0, 0.05) is 44.4 Å². The van der Waals surface area contributed by atoms with E-state index in [1.807, 2.05) is 0 Å². The third-order valence-corrected chi connectivity index (χ3v) is 7.61. The van der Waals surface area contributed by atoms with Gasteiger partial charge in [0.1, 0.15) is 5.82 Å². The van der Waals surface area contributed by atoms with E-state index in [2.05, 4.69) is 4.98 Å². The third kappa shape index (κ3) is 4.70. The molecular weight excluding hydrogens is 521 g/mol. The average molecular weight is 544 g/mol. The van der Waals surface area contributed by atoms with Crippen LogP contribution in [0.5, 0.6) is 0 Å². The first-order chi connectivity index (χ1) is 16.7. The predicted octanol–water partition coefficient (Wildman–Crippen LogP) is 6.33. The first-order valence-corrected chi connectivity index (χ1v) is 12.0. The summed E-state index contributed by atoms with van der Waals surface area (Å²) in [5.41, 5.74) is -1.03. The first-order valence-electron chi connectivity index (χ1n) is 11.2. The standard InChI is InChI=1S/C25H23Cl2F4N3O2/c1-13-10-15(25(29,30)31)11-19-22(13)32-20(33(19)3)12-17-18(26)5-4-16(21(17)27)23(36)34-8-6-24(28,7-9-34)14(2)35/h4-5,10-11H,6-9,12H2,1-3H3. The molecule has 11 heteroatoms. The van der Waals surface area contributed by atoms with Crippen molar-refractivity contribution in [3.63, 3.8) is 0 Å². The summed E-state index contributed by atoms with van der Waals surface area (Å²) in [4.78, 5) is 30.7. The van der Waals surface area contributed by atoms with Crippen LogP contribution in [0.4, 0.5) is 17.6 Å². The molecule has 0 atom stereocenters. The number of halogens is 6. The molecule has 0 saturated carbocycles. The summed E-state index contributed by atoms with van der Waals surface area (Å²) in [7, 11) is 1.60. The van der Waals surface area contributed by atoms with Crippen molar-refractivity contribution < 1.29 is 27.2 Å².